The van der Waals surface area contributed by atoms with Crippen LogP contribution in [0.25, 0.3) is 10.9 Å². The van der Waals surface area contributed by atoms with Crippen LogP contribution < -0.4 is 5.32 Å². The number of hydrogen-bond donors (Lipinski definition) is 1. The summed E-state index contributed by atoms with van der Waals surface area (Å²) in [5.74, 6) is 0. The van der Waals surface area contributed by atoms with Crippen molar-refractivity contribution in [1.29, 1.82) is 5.26 Å². The summed E-state index contributed by atoms with van der Waals surface area (Å²) in [4.78, 5) is 4.61. The number of para-hydroxylation sites is 1. The molecule has 4 heteroatoms. The minimum Gasteiger partial charge on any atom is -0.378 e. The molecule has 1 heterocycles. The number of rotatable bonds is 3. The van der Waals surface area contributed by atoms with Crippen LogP contribution in [-0.2, 0) is 6.54 Å². The molecule has 3 rings (SSSR count). The van der Waals surface area contributed by atoms with Gasteiger partial charge >= 0.3 is 0 Å². The molecule has 0 saturated heterocycles. The van der Waals surface area contributed by atoms with E-state index in [2.05, 4.69) is 38.4 Å². The Kier molecular flexibility index (Phi) is 3.85. The first-order valence-electron chi connectivity index (χ1n) is 6.54. The molecule has 0 fully saturated rings. The van der Waals surface area contributed by atoms with Crippen molar-refractivity contribution < 1.29 is 0 Å². The first kappa shape index (κ1) is 13.6. The Hall–Kier alpha value is -2.38. The standard InChI is InChI=1S/C17H12BrN3/c18-14-7-5-13(10-19)17(9-14)20-11-15-8-6-12-3-1-2-4-16(12)21-15/h1-9,20H,11H2. The Morgan fingerprint density at radius 2 is 1.95 bits per heavy atom. The Labute approximate surface area is 131 Å². The fourth-order valence-corrected chi connectivity index (χ4v) is 2.51. The topological polar surface area (TPSA) is 48.7 Å². The molecule has 0 aliphatic carbocycles. The molecule has 1 N–H and O–H groups in total. The van der Waals surface area contributed by atoms with Gasteiger partial charge in [-0.25, -0.2) is 0 Å². The van der Waals surface area contributed by atoms with Gasteiger partial charge in [0.2, 0.25) is 0 Å². The van der Waals surface area contributed by atoms with Crippen LogP contribution >= 0.6 is 15.9 Å². The van der Waals surface area contributed by atoms with E-state index < -0.39 is 0 Å². The number of pyridine rings is 1. The molecule has 2 aromatic carbocycles. The number of nitriles is 1. The van der Waals surface area contributed by atoms with Crippen molar-refractivity contribution in [3.05, 3.63) is 70.3 Å². The third kappa shape index (κ3) is 3.04. The van der Waals surface area contributed by atoms with Crippen molar-refractivity contribution in [3.63, 3.8) is 0 Å². The van der Waals surface area contributed by atoms with Crippen LogP contribution in [0.4, 0.5) is 5.69 Å². The van der Waals surface area contributed by atoms with Crippen LogP contribution in [0.3, 0.4) is 0 Å². The van der Waals surface area contributed by atoms with Gasteiger partial charge in [0, 0.05) is 9.86 Å². The number of fused-ring (bicyclic) bond motifs is 1. The molecule has 0 atom stereocenters. The summed E-state index contributed by atoms with van der Waals surface area (Å²) in [5.41, 5.74) is 3.35. The van der Waals surface area contributed by atoms with E-state index >= 15 is 0 Å². The molecule has 0 saturated carbocycles. The summed E-state index contributed by atoms with van der Waals surface area (Å²) < 4.78 is 0.940. The average Bonchev–Trinajstić information content (AvgIpc) is 2.53. The van der Waals surface area contributed by atoms with Crippen LogP contribution in [-0.4, -0.2) is 4.98 Å². The lowest BCUT2D eigenvalue weighted by Crippen LogP contribution is -2.03. The molecule has 0 radical (unpaired) electrons. The highest BCUT2D eigenvalue weighted by Crippen LogP contribution is 2.21. The van der Waals surface area contributed by atoms with Gasteiger partial charge in [-0.05, 0) is 30.3 Å². The van der Waals surface area contributed by atoms with Gasteiger partial charge < -0.3 is 5.32 Å². The first-order chi connectivity index (χ1) is 10.3. The van der Waals surface area contributed by atoms with Gasteiger partial charge in [-0.3, -0.25) is 4.98 Å². The second-order valence-electron chi connectivity index (χ2n) is 4.65. The van der Waals surface area contributed by atoms with Crippen molar-refractivity contribution in [1.82, 2.24) is 4.98 Å². The molecule has 0 aliphatic rings. The van der Waals surface area contributed by atoms with E-state index in [1.807, 2.05) is 42.5 Å². The van der Waals surface area contributed by atoms with E-state index in [0.717, 1.165) is 26.8 Å². The van der Waals surface area contributed by atoms with Crippen LogP contribution in [0.15, 0.2) is 59.1 Å². The van der Waals surface area contributed by atoms with Crippen molar-refractivity contribution in [3.8, 4) is 6.07 Å². The largest absolute Gasteiger partial charge is 0.378 e. The summed E-state index contributed by atoms with van der Waals surface area (Å²) in [5, 5.41) is 13.5. The molecule has 102 valence electrons. The fraction of sp³-hybridized carbons (Fsp3) is 0.0588. The Bertz CT molecular complexity index is 837. The average molecular weight is 338 g/mol. The predicted molar refractivity (Wildman–Crippen MR) is 87.9 cm³/mol. The highest BCUT2D eigenvalue weighted by molar-refractivity contribution is 9.10. The van der Waals surface area contributed by atoms with Crippen LogP contribution in [0.1, 0.15) is 11.3 Å². The summed E-state index contributed by atoms with van der Waals surface area (Å²) >= 11 is 3.42. The second kappa shape index (κ2) is 5.94. The van der Waals surface area contributed by atoms with Gasteiger partial charge in [0.25, 0.3) is 0 Å². The van der Waals surface area contributed by atoms with Gasteiger partial charge in [0.15, 0.2) is 0 Å². The number of nitrogens with one attached hydrogen (secondary N) is 1. The summed E-state index contributed by atoms with van der Waals surface area (Å²) in [6.07, 6.45) is 0. The summed E-state index contributed by atoms with van der Waals surface area (Å²) in [6.45, 7) is 0.579. The minimum absolute atomic E-state index is 0.579. The first-order valence-corrected chi connectivity index (χ1v) is 7.34. The Balaban J connectivity index is 1.83. The molecule has 0 amide bonds. The summed E-state index contributed by atoms with van der Waals surface area (Å²) in [7, 11) is 0. The number of aromatic nitrogens is 1. The van der Waals surface area contributed by atoms with Gasteiger partial charge in [0.1, 0.15) is 6.07 Å². The van der Waals surface area contributed by atoms with Gasteiger partial charge in [0.05, 0.1) is 29.0 Å². The van der Waals surface area contributed by atoms with Crippen LogP contribution in [0.2, 0.25) is 0 Å². The second-order valence-corrected chi connectivity index (χ2v) is 5.57. The predicted octanol–water partition coefficient (Wildman–Crippen LogP) is 4.48. The van der Waals surface area contributed by atoms with Crippen molar-refractivity contribution in [2.75, 3.05) is 5.32 Å². The SMILES string of the molecule is N#Cc1ccc(Br)cc1NCc1ccc2ccccc2n1. The highest BCUT2D eigenvalue weighted by atomic mass is 79.9. The van der Waals surface area contributed by atoms with Crippen LogP contribution in [0.5, 0.6) is 0 Å². The van der Waals surface area contributed by atoms with Crippen LogP contribution in [0, 0.1) is 11.3 Å². The normalized spacial score (nSPS) is 10.3. The molecular weight excluding hydrogens is 326 g/mol. The number of hydrogen-bond acceptors (Lipinski definition) is 3. The van der Waals surface area contributed by atoms with E-state index in [-0.39, 0.29) is 0 Å². The third-order valence-electron chi connectivity index (χ3n) is 3.22. The van der Waals surface area contributed by atoms with E-state index in [9.17, 15) is 0 Å². The zero-order valence-electron chi connectivity index (χ0n) is 11.2. The van der Waals surface area contributed by atoms with E-state index in [4.69, 9.17) is 5.26 Å². The molecular formula is C17H12BrN3. The van der Waals surface area contributed by atoms with Crippen molar-refractivity contribution in [2.24, 2.45) is 0 Å². The monoisotopic (exact) mass is 337 g/mol. The van der Waals surface area contributed by atoms with Gasteiger partial charge in [-0.1, -0.05) is 40.2 Å². The van der Waals surface area contributed by atoms with Crippen molar-refractivity contribution >= 4 is 32.5 Å². The molecule has 0 unspecified atom stereocenters. The Morgan fingerprint density at radius 3 is 2.81 bits per heavy atom. The molecule has 0 spiro atoms. The number of nitrogens with zero attached hydrogens (tertiary/aromatic N) is 2. The minimum atomic E-state index is 0.579. The number of halogens is 1. The molecule has 21 heavy (non-hydrogen) atoms. The Morgan fingerprint density at radius 1 is 1.10 bits per heavy atom. The summed E-state index contributed by atoms with van der Waals surface area (Å²) in [6, 6.07) is 19.8. The zero-order chi connectivity index (χ0) is 14.7. The lowest BCUT2D eigenvalue weighted by atomic mass is 10.2. The van der Waals surface area contributed by atoms with Gasteiger partial charge in [-0.2, -0.15) is 5.26 Å². The lowest BCUT2D eigenvalue weighted by Gasteiger charge is -2.09. The van der Waals surface area contributed by atoms with E-state index in [1.165, 1.54) is 0 Å². The fourth-order valence-electron chi connectivity index (χ4n) is 2.15. The lowest BCUT2D eigenvalue weighted by molar-refractivity contribution is 1.07. The highest BCUT2D eigenvalue weighted by Gasteiger charge is 2.03. The molecule has 0 aliphatic heterocycles. The number of anilines is 1. The maximum Gasteiger partial charge on any atom is 0.101 e. The van der Waals surface area contributed by atoms with Gasteiger partial charge in [-0.15, -0.1) is 0 Å². The smallest absolute Gasteiger partial charge is 0.101 e. The molecule has 0 bridgehead atoms. The molecule has 3 nitrogen and oxygen atoms in total. The number of benzene rings is 2. The maximum atomic E-state index is 9.13. The third-order valence-corrected chi connectivity index (χ3v) is 3.71. The molecule has 1 aromatic heterocycles. The molecule has 3 aromatic rings. The maximum absolute atomic E-state index is 9.13. The quantitative estimate of drug-likeness (QED) is 0.766. The zero-order valence-corrected chi connectivity index (χ0v) is 12.8. The van der Waals surface area contributed by atoms with Crippen molar-refractivity contribution in [2.45, 2.75) is 6.54 Å². The van der Waals surface area contributed by atoms with E-state index in [0.29, 0.717) is 12.1 Å². The van der Waals surface area contributed by atoms with E-state index in [1.54, 1.807) is 6.07 Å².